The number of rotatable bonds is 5. The Labute approximate surface area is 94.1 Å². The van der Waals surface area contributed by atoms with Crippen LogP contribution in [0, 0.1) is 11.3 Å². The van der Waals surface area contributed by atoms with Gasteiger partial charge in [-0.15, -0.1) is 0 Å². The lowest BCUT2D eigenvalue weighted by atomic mass is 10.3. The van der Waals surface area contributed by atoms with Crippen LogP contribution in [-0.4, -0.2) is 37.5 Å². The Balaban J connectivity index is 4.71. The second-order valence-corrected chi connectivity index (χ2v) is 5.12. The van der Waals surface area contributed by atoms with Crippen molar-refractivity contribution in [3.8, 4) is 6.07 Å². The highest BCUT2D eigenvalue weighted by Crippen LogP contribution is 2.08. The summed E-state index contributed by atoms with van der Waals surface area (Å²) in [7, 11) is -3.84. The molecule has 0 aliphatic carbocycles. The molecule has 90 valence electrons. The Morgan fingerprint density at radius 3 is 2.62 bits per heavy atom. The second-order valence-electron chi connectivity index (χ2n) is 2.92. The second kappa shape index (κ2) is 6.25. The van der Waals surface area contributed by atoms with E-state index in [9.17, 15) is 13.2 Å². The van der Waals surface area contributed by atoms with E-state index in [2.05, 4.69) is 4.74 Å². The topological polar surface area (TPSA) is 104 Å². The molecule has 2 unspecified atom stereocenters. The molecule has 0 aromatic carbocycles. The summed E-state index contributed by atoms with van der Waals surface area (Å²) < 4.78 is 27.4. The highest BCUT2D eigenvalue weighted by molar-refractivity contribution is 7.94. The Kier molecular flexibility index (Phi) is 5.71. The number of esters is 1. The summed E-state index contributed by atoms with van der Waals surface area (Å²) in [5.74, 6) is -0.787. The zero-order valence-corrected chi connectivity index (χ0v) is 9.77. The van der Waals surface area contributed by atoms with E-state index in [1.807, 2.05) is 0 Å². The average Bonchev–Trinajstić information content (AvgIpc) is 2.25. The van der Waals surface area contributed by atoms with Gasteiger partial charge in [0.05, 0.1) is 12.7 Å². The minimum Gasteiger partial charge on any atom is -0.463 e. The molecule has 6 nitrogen and oxygen atoms in total. The predicted octanol–water partition coefficient (Wildman–Crippen LogP) is -0.249. The van der Waals surface area contributed by atoms with Crippen LogP contribution in [0.3, 0.4) is 0 Å². The van der Waals surface area contributed by atoms with E-state index in [0.717, 1.165) is 6.08 Å². The van der Waals surface area contributed by atoms with Crippen LogP contribution >= 0.6 is 0 Å². The lowest BCUT2D eigenvalue weighted by Crippen LogP contribution is -2.28. The van der Waals surface area contributed by atoms with Crippen LogP contribution < -0.4 is 0 Å². The Hall–Kier alpha value is -1.39. The first kappa shape index (κ1) is 14.6. The van der Waals surface area contributed by atoms with E-state index in [1.54, 1.807) is 6.92 Å². The molecule has 16 heavy (non-hydrogen) atoms. The summed E-state index contributed by atoms with van der Waals surface area (Å²) in [6.07, 6.45) is -0.878. The number of aliphatic hydroxyl groups excluding tert-OH is 1. The monoisotopic (exact) mass is 247 g/mol. The summed E-state index contributed by atoms with van der Waals surface area (Å²) in [5.41, 5.74) is 0. The number of hydrogen-bond donors (Lipinski definition) is 1. The molecule has 0 bridgehead atoms. The molecule has 0 amide bonds. The molecule has 0 saturated heterocycles. The van der Waals surface area contributed by atoms with Gasteiger partial charge in [-0.3, -0.25) is 0 Å². The number of nitrogens with zero attached hydrogens (tertiary/aromatic N) is 1. The number of carbonyl (C=O) groups excluding carboxylic acids is 1. The van der Waals surface area contributed by atoms with Crippen molar-refractivity contribution in [1.82, 2.24) is 0 Å². The zero-order chi connectivity index (χ0) is 12.8. The Morgan fingerprint density at radius 1 is 1.62 bits per heavy atom. The fourth-order valence-corrected chi connectivity index (χ4v) is 1.72. The zero-order valence-electron chi connectivity index (χ0n) is 8.95. The fourth-order valence-electron chi connectivity index (χ4n) is 0.749. The van der Waals surface area contributed by atoms with Gasteiger partial charge in [-0.25, -0.2) is 13.2 Å². The number of sulfone groups is 1. The van der Waals surface area contributed by atoms with Crippen molar-refractivity contribution < 1.29 is 23.1 Å². The van der Waals surface area contributed by atoms with Crippen LogP contribution in [0.2, 0.25) is 0 Å². The van der Waals surface area contributed by atoms with Crippen LogP contribution in [-0.2, 0) is 19.4 Å². The molecule has 0 rings (SSSR count). The van der Waals surface area contributed by atoms with Crippen molar-refractivity contribution in [3.63, 3.8) is 0 Å². The van der Waals surface area contributed by atoms with Crippen molar-refractivity contribution in [2.24, 2.45) is 0 Å². The predicted molar refractivity (Wildman–Crippen MR) is 55.8 cm³/mol. The van der Waals surface area contributed by atoms with Gasteiger partial charge < -0.3 is 9.84 Å². The summed E-state index contributed by atoms with van der Waals surface area (Å²) in [6.45, 7) is 2.90. The molecular weight excluding hydrogens is 234 g/mol. The van der Waals surface area contributed by atoms with Gasteiger partial charge in [0.1, 0.15) is 5.25 Å². The van der Waals surface area contributed by atoms with Gasteiger partial charge in [0.15, 0.2) is 15.9 Å². The van der Waals surface area contributed by atoms with E-state index < -0.39 is 27.2 Å². The van der Waals surface area contributed by atoms with Gasteiger partial charge in [0.2, 0.25) is 0 Å². The molecule has 2 atom stereocenters. The van der Waals surface area contributed by atoms with Gasteiger partial charge in [-0.05, 0) is 13.8 Å². The third-order valence-corrected chi connectivity index (χ3v) is 3.59. The van der Waals surface area contributed by atoms with Gasteiger partial charge in [0.25, 0.3) is 0 Å². The number of aliphatic hydroxyl groups is 1. The smallest absolute Gasteiger partial charge is 0.331 e. The van der Waals surface area contributed by atoms with E-state index in [-0.39, 0.29) is 6.61 Å². The third-order valence-electron chi connectivity index (χ3n) is 1.78. The van der Waals surface area contributed by atoms with Crippen LogP contribution in [0.4, 0.5) is 0 Å². The van der Waals surface area contributed by atoms with E-state index in [1.165, 1.54) is 13.0 Å². The molecule has 0 fully saturated rings. The summed E-state index contributed by atoms with van der Waals surface area (Å²) in [6, 6.07) is 1.41. The van der Waals surface area contributed by atoms with Crippen LogP contribution in [0.25, 0.3) is 0 Å². The molecule has 0 spiro atoms. The van der Waals surface area contributed by atoms with E-state index in [0.29, 0.717) is 5.41 Å². The molecule has 0 aromatic rings. The normalized spacial score (nSPS) is 15.4. The third kappa shape index (κ3) is 4.42. The molecule has 0 aliphatic heterocycles. The average molecular weight is 247 g/mol. The largest absolute Gasteiger partial charge is 0.463 e. The molecule has 0 radical (unpaired) electrons. The number of hydrogen-bond acceptors (Lipinski definition) is 6. The fraction of sp³-hybridized carbons (Fsp3) is 0.556. The van der Waals surface area contributed by atoms with Crippen molar-refractivity contribution in [2.75, 3.05) is 6.61 Å². The molecule has 0 aliphatic rings. The van der Waals surface area contributed by atoms with Gasteiger partial charge >= 0.3 is 5.97 Å². The highest BCUT2D eigenvalue weighted by Gasteiger charge is 2.25. The standard InChI is InChI=1S/C9H13NO5S/c1-3-15-9(12)4-5-16(13,14)7(2)8(11)6-10/h4-5,7-8,11H,3H2,1-2H3/b5-4+. The Morgan fingerprint density at radius 2 is 2.19 bits per heavy atom. The van der Waals surface area contributed by atoms with Gasteiger partial charge in [-0.1, -0.05) is 0 Å². The molecule has 1 N–H and O–H groups in total. The van der Waals surface area contributed by atoms with Gasteiger partial charge in [-0.2, -0.15) is 5.26 Å². The van der Waals surface area contributed by atoms with Crippen LogP contribution in [0.5, 0.6) is 0 Å². The number of ether oxygens (including phenoxy) is 1. The quantitative estimate of drug-likeness (QED) is 0.408. The maximum atomic E-state index is 11.4. The molecule has 0 saturated carbocycles. The first-order chi connectivity index (χ1) is 7.35. The van der Waals surface area contributed by atoms with Crippen molar-refractivity contribution >= 4 is 15.8 Å². The maximum Gasteiger partial charge on any atom is 0.331 e. The van der Waals surface area contributed by atoms with Gasteiger partial charge in [0, 0.05) is 11.5 Å². The van der Waals surface area contributed by atoms with Crippen molar-refractivity contribution in [2.45, 2.75) is 25.2 Å². The van der Waals surface area contributed by atoms with Crippen LogP contribution in [0.15, 0.2) is 11.5 Å². The minimum absolute atomic E-state index is 0.138. The Bertz CT molecular complexity index is 406. The molecule has 7 heteroatoms. The first-order valence-corrected chi connectivity index (χ1v) is 6.12. The summed E-state index contributed by atoms with van der Waals surface area (Å²) in [4.78, 5) is 10.9. The molecule has 0 heterocycles. The van der Waals surface area contributed by atoms with E-state index in [4.69, 9.17) is 10.4 Å². The summed E-state index contributed by atoms with van der Waals surface area (Å²) in [5, 5.41) is 16.7. The number of nitriles is 1. The van der Waals surface area contributed by atoms with Crippen molar-refractivity contribution in [3.05, 3.63) is 11.5 Å². The lowest BCUT2D eigenvalue weighted by Gasteiger charge is -2.09. The van der Waals surface area contributed by atoms with Crippen LogP contribution in [0.1, 0.15) is 13.8 Å². The molecular formula is C9H13NO5S. The molecule has 0 aromatic heterocycles. The number of carbonyl (C=O) groups is 1. The summed E-state index contributed by atoms with van der Waals surface area (Å²) >= 11 is 0. The lowest BCUT2D eigenvalue weighted by molar-refractivity contribution is -0.137. The maximum absolute atomic E-state index is 11.4. The van der Waals surface area contributed by atoms with Crippen molar-refractivity contribution in [1.29, 1.82) is 5.26 Å². The minimum atomic E-state index is -3.84. The first-order valence-electron chi connectivity index (χ1n) is 4.51. The SMILES string of the molecule is CCOC(=O)/C=C/S(=O)(=O)C(C)C(O)C#N. The highest BCUT2D eigenvalue weighted by atomic mass is 32.2. The van der Waals surface area contributed by atoms with E-state index >= 15 is 0 Å².